The normalized spacial score (nSPS) is 16.3. The van der Waals surface area contributed by atoms with Gasteiger partial charge in [0.2, 0.25) is 5.91 Å². The highest BCUT2D eigenvalue weighted by molar-refractivity contribution is 7.80. The molecule has 0 saturated heterocycles. The Kier molecular flexibility index (Phi) is 4.27. The minimum atomic E-state index is -0.208. The maximum Gasteiger partial charge on any atom is 0.220 e. The Labute approximate surface area is 112 Å². The molecule has 0 atom stereocenters. The highest BCUT2D eigenvalue weighted by Crippen LogP contribution is 2.49. The molecule has 2 rings (SSSR count). The summed E-state index contributed by atoms with van der Waals surface area (Å²) in [4.78, 5) is 11.7. The van der Waals surface area contributed by atoms with Gasteiger partial charge in [-0.15, -0.1) is 0 Å². The molecule has 0 radical (unpaired) electrons. The lowest BCUT2D eigenvalue weighted by Gasteiger charge is -2.11. The van der Waals surface area contributed by atoms with E-state index in [0.29, 0.717) is 24.9 Å². The van der Waals surface area contributed by atoms with Gasteiger partial charge in [-0.1, -0.05) is 18.2 Å². The molecule has 0 unspecified atom stereocenters. The largest absolute Gasteiger partial charge is 0.356 e. The molecule has 1 aromatic rings. The van der Waals surface area contributed by atoms with Crippen LogP contribution >= 0.6 is 12.6 Å². The zero-order valence-electron chi connectivity index (χ0n) is 10.3. The average molecular weight is 267 g/mol. The van der Waals surface area contributed by atoms with Gasteiger partial charge in [0.25, 0.3) is 0 Å². The van der Waals surface area contributed by atoms with Crippen molar-refractivity contribution in [1.29, 1.82) is 0 Å². The molecule has 0 bridgehead atoms. The number of halogens is 1. The number of amides is 1. The minimum Gasteiger partial charge on any atom is -0.356 e. The van der Waals surface area contributed by atoms with E-state index in [4.69, 9.17) is 0 Å². The number of carbonyl (C=O) groups is 1. The van der Waals surface area contributed by atoms with Crippen molar-refractivity contribution in [2.45, 2.75) is 25.7 Å². The average Bonchev–Trinajstić information content (AvgIpc) is 3.12. The molecule has 0 aromatic heterocycles. The lowest BCUT2D eigenvalue weighted by Crippen LogP contribution is -2.28. The Morgan fingerprint density at radius 1 is 1.39 bits per heavy atom. The fourth-order valence-corrected chi connectivity index (χ4v) is 2.44. The Bertz CT molecular complexity index is 432. The number of thiol groups is 1. The van der Waals surface area contributed by atoms with E-state index in [2.05, 4.69) is 17.9 Å². The summed E-state index contributed by atoms with van der Waals surface area (Å²) in [6.45, 7) is 0.489. The van der Waals surface area contributed by atoms with Gasteiger partial charge >= 0.3 is 0 Å². The molecular weight excluding hydrogens is 249 g/mol. The van der Waals surface area contributed by atoms with Crippen molar-refractivity contribution < 1.29 is 9.18 Å². The first kappa shape index (κ1) is 13.4. The monoisotopic (exact) mass is 267 g/mol. The predicted molar refractivity (Wildman–Crippen MR) is 73.3 cm³/mol. The molecule has 98 valence electrons. The van der Waals surface area contributed by atoms with Crippen LogP contribution in [0, 0.1) is 11.2 Å². The van der Waals surface area contributed by atoms with Gasteiger partial charge in [-0.2, -0.15) is 12.6 Å². The summed E-state index contributed by atoms with van der Waals surface area (Å²) >= 11 is 4.27. The molecule has 2 nitrogen and oxygen atoms in total. The zero-order valence-corrected chi connectivity index (χ0v) is 11.2. The summed E-state index contributed by atoms with van der Waals surface area (Å²) in [6.07, 6.45) is 3.27. The van der Waals surface area contributed by atoms with Crippen LogP contribution in [0.1, 0.15) is 24.8 Å². The second-order valence-electron chi connectivity index (χ2n) is 5.03. The lowest BCUT2D eigenvalue weighted by atomic mass is 10.1. The van der Waals surface area contributed by atoms with E-state index >= 15 is 0 Å². The number of nitrogens with one attached hydrogen (secondary N) is 1. The third kappa shape index (κ3) is 3.48. The van der Waals surface area contributed by atoms with E-state index in [1.54, 1.807) is 18.2 Å². The molecule has 4 heteroatoms. The van der Waals surface area contributed by atoms with Crippen molar-refractivity contribution in [2.24, 2.45) is 5.41 Å². The van der Waals surface area contributed by atoms with E-state index in [-0.39, 0.29) is 17.1 Å². The molecule has 1 saturated carbocycles. The van der Waals surface area contributed by atoms with Gasteiger partial charge < -0.3 is 5.32 Å². The Balaban J connectivity index is 1.72. The maximum atomic E-state index is 13.3. The van der Waals surface area contributed by atoms with Gasteiger partial charge in [0.1, 0.15) is 5.82 Å². The van der Waals surface area contributed by atoms with Crippen molar-refractivity contribution in [3.8, 4) is 0 Å². The molecule has 1 aromatic carbocycles. The van der Waals surface area contributed by atoms with Crippen LogP contribution < -0.4 is 5.32 Å². The Morgan fingerprint density at radius 3 is 2.72 bits per heavy atom. The zero-order chi connectivity index (χ0) is 13.0. The van der Waals surface area contributed by atoms with Crippen LogP contribution in [0.2, 0.25) is 0 Å². The van der Waals surface area contributed by atoms with Gasteiger partial charge in [0.05, 0.1) is 0 Å². The SMILES string of the molecule is O=C(CC1(CS)CC1)NCCc1ccccc1F. The first-order valence-corrected chi connectivity index (χ1v) is 6.89. The van der Waals surface area contributed by atoms with Crippen LogP contribution in [0.3, 0.4) is 0 Å². The number of carbonyl (C=O) groups excluding carboxylic acids is 1. The van der Waals surface area contributed by atoms with E-state index in [0.717, 1.165) is 18.6 Å². The summed E-state index contributed by atoms with van der Waals surface area (Å²) in [6, 6.07) is 6.66. The van der Waals surface area contributed by atoms with E-state index in [1.165, 1.54) is 6.07 Å². The Hall–Kier alpha value is -1.03. The van der Waals surface area contributed by atoms with Crippen molar-refractivity contribution in [3.05, 3.63) is 35.6 Å². The second kappa shape index (κ2) is 5.74. The summed E-state index contributed by atoms with van der Waals surface area (Å²) in [5.74, 6) is 0.618. The number of hydrogen-bond acceptors (Lipinski definition) is 2. The Morgan fingerprint density at radius 2 is 2.11 bits per heavy atom. The standard InChI is InChI=1S/C14H18FNOS/c15-12-4-2-1-3-11(12)5-8-16-13(17)9-14(10-18)6-7-14/h1-4,18H,5-10H2,(H,16,17). The maximum absolute atomic E-state index is 13.3. The lowest BCUT2D eigenvalue weighted by molar-refractivity contribution is -0.122. The van der Waals surface area contributed by atoms with Crippen LogP contribution in [0.15, 0.2) is 24.3 Å². The second-order valence-corrected chi connectivity index (χ2v) is 5.34. The van der Waals surface area contributed by atoms with Crippen LogP contribution in [0.4, 0.5) is 4.39 Å². The predicted octanol–water partition coefficient (Wildman–Crippen LogP) is 2.58. The minimum absolute atomic E-state index is 0.0536. The molecular formula is C14H18FNOS. The molecule has 1 N–H and O–H groups in total. The van der Waals surface area contributed by atoms with Crippen LogP contribution in [0.25, 0.3) is 0 Å². The summed E-state index contributed by atoms with van der Waals surface area (Å²) in [5, 5.41) is 2.85. The van der Waals surface area contributed by atoms with Gasteiger partial charge in [-0.05, 0) is 42.1 Å². The quantitative estimate of drug-likeness (QED) is 0.762. The summed E-state index contributed by atoms with van der Waals surface area (Å²) in [7, 11) is 0. The van der Waals surface area contributed by atoms with Crippen molar-refractivity contribution in [1.82, 2.24) is 5.32 Å². The highest BCUT2D eigenvalue weighted by Gasteiger charge is 2.42. The number of hydrogen-bond donors (Lipinski definition) is 2. The highest BCUT2D eigenvalue weighted by atomic mass is 32.1. The van der Waals surface area contributed by atoms with Gasteiger partial charge in [-0.3, -0.25) is 4.79 Å². The molecule has 0 aliphatic heterocycles. The molecule has 18 heavy (non-hydrogen) atoms. The molecule has 0 spiro atoms. The number of rotatable bonds is 6. The van der Waals surface area contributed by atoms with E-state index in [9.17, 15) is 9.18 Å². The third-order valence-corrected chi connectivity index (χ3v) is 4.17. The van der Waals surface area contributed by atoms with Gasteiger partial charge in [-0.25, -0.2) is 4.39 Å². The smallest absolute Gasteiger partial charge is 0.220 e. The number of benzene rings is 1. The van der Waals surface area contributed by atoms with Crippen LogP contribution in [-0.4, -0.2) is 18.2 Å². The van der Waals surface area contributed by atoms with Crippen molar-refractivity contribution in [2.75, 3.05) is 12.3 Å². The van der Waals surface area contributed by atoms with E-state index in [1.807, 2.05) is 0 Å². The van der Waals surface area contributed by atoms with Gasteiger partial charge in [0.15, 0.2) is 0 Å². The van der Waals surface area contributed by atoms with Crippen LogP contribution in [0.5, 0.6) is 0 Å². The molecule has 0 heterocycles. The van der Waals surface area contributed by atoms with Crippen molar-refractivity contribution >= 4 is 18.5 Å². The first-order valence-electron chi connectivity index (χ1n) is 6.26. The summed E-state index contributed by atoms with van der Waals surface area (Å²) in [5.41, 5.74) is 0.790. The van der Waals surface area contributed by atoms with E-state index < -0.39 is 0 Å². The van der Waals surface area contributed by atoms with Gasteiger partial charge in [0, 0.05) is 13.0 Å². The fraction of sp³-hybridized carbons (Fsp3) is 0.500. The fourth-order valence-electron chi connectivity index (χ4n) is 2.01. The van der Waals surface area contributed by atoms with Crippen molar-refractivity contribution in [3.63, 3.8) is 0 Å². The molecule has 1 fully saturated rings. The molecule has 1 aliphatic rings. The first-order chi connectivity index (χ1) is 8.65. The molecule has 1 aliphatic carbocycles. The topological polar surface area (TPSA) is 29.1 Å². The summed E-state index contributed by atoms with van der Waals surface area (Å²) < 4.78 is 13.3. The third-order valence-electron chi connectivity index (χ3n) is 3.50. The van der Waals surface area contributed by atoms with Crippen LogP contribution in [-0.2, 0) is 11.2 Å². The molecule has 1 amide bonds.